The second-order valence-electron chi connectivity index (χ2n) is 5.62. The van der Waals surface area contributed by atoms with Crippen molar-refractivity contribution in [3.05, 3.63) is 60.0 Å². The molecule has 25 heavy (non-hydrogen) atoms. The Morgan fingerprint density at radius 2 is 2.08 bits per heavy atom. The zero-order chi connectivity index (χ0) is 17.4. The first-order chi connectivity index (χ1) is 12.2. The number of carboxylic acid groups (broad SMARTS) is 1. The summed E-state index contributed by atoms with van der Waals surface area (Å²) >= 11 is 0. The Morgan fingerprint density at radius 1 is 1.20 bits per heavy atom. The number of nitrogens with zero attached hydrogens (tertiary/aromatic N) is 1. The summed E-state index contributed by atoms with van der Waals surface area (Å²) in [4.78, 5) is 22.3. The van der Waals surface area contributed by atoms with Crippen LogP contribution in [0.3, 0.4) is 0 Å². The monoisotopic (exact) mass is 333 g/mol. The number of H-pyrrole nitrogens is 2. The quantitative estimate of drug-likeness (QED) is 0.497. The van der Waals surface area contributed by atoms with Crippen LogP contribution in [-0.4, -0.2) is 33.1 Å². The first-order valence-corrected chi connectivity index (χ1v) is 7.70. The van der Waals surface area contributed by atoms with Gasteiger partial charge in [0, 0.05) is 46.0 Å². The van der Waals surface area contributed by atoms with E-state index >= 15 is 0 Å². The van der Waals surface area contributed by atoms with E-state index in [1.165, 1.54) is 0 Å². The van der Waals surface area contributed by atoms with Crippen LogP contribution in [0.5, 0.6) is 5.75 Å². The van der Waals surface area contributed by atoms with Gasteiger partial charge in [-0.2, -0.15) is 0 Å². The van der Waals surface area contributed by atoms with Crippen LogP contribution >= 0.6 is 0 Å². The zero-order valence-electron chi connectivity index (χ0n) is 13.4. The van der Waals surface area contributed by atoms with Crippen LogP contribution in [0.25, 0.3) is 33.6 Å². The number of carboxylic acids is 1. The van der Waals surface area contributed by atoms with Gasteiger partial charge in [-0.05, 0) is 36.4 Å². The molecule has 124 valence electrons. The average Bonchev–Trinajstić information content (AvgIpc) is 3.23. The number of hydrogen-bond donors (Lipinski definition) is 3. The van der Waals surface area contributed by atoms with E-state index in [1.54, 1.807) is 31.8 Å². The molecule has 0 aliphatic carbocycles. The van der Waals surface area contributed by atoms with Crippen molar-refractivity contribution in [3.8, 4) is 5.75 Å². The number of nitrogens with one attached hydrogen (secondary N) is 2. The lowest BCUT2D eigenvalue weighted by molar-refractivity contribution is -0.130. The first-order valence-electron chi connectivity index (χ1n) is 7.70. The molecule has 0 aliphatic rings. The number of fused-ring (bicyclic) bond motifs is 2. The van der Waals surface area contributed by atoms with Crippen molar-refractivity contribution in [1.82, 2.24) is 15.0 Å². The summed E-state index contributed by atoms with van der Waals surface area (Å²) in [7, 11) is 1.58. The first kappa shape index (κ1) is 15.0. The normalized spacial score (nSPS) is 12.0. The molecule has 0 amide bonds. The van der Waals surface area contributed by atoms with Crippen LogP contribution < -0.4 is 4.74 Å². The van der Waals surface area contributed by atoms with Gasteiger partial charge in [0.2, 0.25) is 0 Å². The van der Waals surface area contributed by atoms with Crippen molar-refractivity contribution in [3.63, 3.8) is 0 Å². The molecule has 3 heterocycles. The Balaban J connectivity index is 1.92. The molecule has 3 aromatic heterocycles. The Kier molecular flexibility index (Phi) is 3.50. The van der Waals surface area contributed by atoms with E-state index in [-0.39, 0.29) is 5.57 Å². The number of pyridine rings is 1. The van der Waals surface area contributed by atoms with Crippen LogP contribution in [0.4, 0.5) is 0 Å². The highest BCUT2D eigenvalue weighted by molar-refractivity contribution is 6.24. The standard InChI is InChI=1S/C19H15N3O3/c1-25-12-4-5-17-14(8-12)16(10-21-17)15(19(23)24)7-11-9-22-18-13(11)3-2-6-20-18/h2-10,21H,1H3,(H,20,22)(H,23,24)/b15-7-. The minimum Gasteiger partial charge on any atom is -0.497 e. The van der Waals surface area contributed by atoms with E-state index in [0.29, 0.717) is 11.3 Å². The average molecular weight is 333 g/mol. The molecule has 3 N–H and O–H groups in total. The van der Waals surface area contributed by atoms with Crippen LogP contribution in [-0.2, 0) is 4.79 Å². The third-order valence-corrected chi connectivity index (χ3v) is 4.19. The van der Waals surface area contributed by atoms with E-state index in [9.17, 15) is 9.90 Å². The van der Waals surface area contributed by atoms with Gasteiger partial charge in [0.25, 0.3) is 0 Å². The van der Waals surface area contributed by atoms with Crippen molar-refractivity contribution in [2.75, 3.05) is 7.11 Å². The van der Waals surface area contributed by atoms with Crippen LogP contribution in [0.2, 0.25) is 0 Å². The Morgan fingerprint density at radius 3 is 2.88 bits per heavy atom. The maximum Gasteiger partial charge on any atom is 0.336 e. The molecule has 0 bridgehead atoms. The van der Waals surface area contributed by atoms with Gasteiger partial charge >= 0.3 is 5.97 Å². The van der Waals surface area contributed by atoms with Crippen molar-refractivity contribution in [2.45, 2.75) is 0 Å². The minimum absolute atomic E-state index is 0.198. The van der Waals surface area contributed by atoms with Crippen LogP contribution in [0.1, 0.15) is 11.1 Å². The number of rotatable bonds is 4. The number of carbonyl (C=O) groups is 1. The second kappa shape index (κ2) is 5.83. The molecular weight excluding hydrogens is 318 g/mol. The Hall–Kier alpha value is -3.54. The lowest BCUT2D eigenvalue weighted by atomic mass is 10.0. The maximum atomic E-state index is 11.9. The van der Waals surface area contributed by atoms with Gasteiger partial charge in [-0.15, -0.1) is 0 Å². The lowest BCUT2D eigenvalue weighted by Gasteiger charge is -2.03. The van der Waals surface area contributed by atoms with Gasteiger partial charge in [-0.3, -0.25) is 0 Å². The number of aromatic amines is 2. The third-order valence-electron chi connectivity index (χ3n) is 4.19. The zero-order valence-corrected chi connectivity index (χ0v) is 13.4. The SMILES string of the molecule is COc1ccc2[nH]cc(/C(=C/c3c[nH]c4ncccc34)C(=O)O)c2c1. The van der Waals surface area contributed by atoms with E-state index in [1.807, 2.05) is 30.3 Å². The van der Waals surface area contributed by atoms with E-state index in [4.69, 9.17) is 4.74 Å². The third kappa shape index (κ3) is 2.53. The predicted octanol–water partition coefficient (Wildman–Crippen LogP) is 3.68. The molecule has 0 saturated heterocycles. The molecule has 0 aliphatic heterocycles. The van der Waals surface area contributed by atoms with E-state index in [0.717, 1.165) is 27.5 Å². The summed E-state index contributed by atoms with van der Waals surface area (Å²) in [5, 5.41) is 11.4. The number of hydrogen-bond acceptors (Lipinski definition) is 3. The molecule has 6 nitrogen and oxygen atoms in total. The van der Waals surface area contributed by atoms with Gasteiger partial charge in [-0.25, -0.2) is 9.78 Å². The number of aromatic nitrogens is 3. The smallest absolute Gasteiger partial charge is 0.336 e. The predicted molar refractivity (Wildman–Crippen MR) is 96.5 cm³/mol. The summed E-state index contributed by atoms with van der Waals surface area (Å²) < 4.78 is 5.26. The Labute approximate surface area is 142 Å². The molecule has 4 rings (SSSR count). The summed E-state index contributed by atoms with van der Waals surface area (Å²) in [6, 6.07) is 9.26. The largest absolute Gasteiger partial charge is 0.497 e. The van der Waals surface area contributed by atoms with E-state index in [2.05, 4.69) is 15.0 Å². The highest BCUT2D eigenvalue weighted by Gasteiger charge is 2.17. The highest BCUT2D eigenvalue weighted by Crippen LogP contribution is 2.31. The lowest BCUT2D eigenvalue weighted by Crippen LogP contribution is -1.99. The van der Waals surface area contributed by atoms with Gasteiger partial charge in [0.15, 0.2) is 0 Å². The van der Waals surface area contributed by atoms with Gasteiger partial charge < -0.3 is 19.8 Å². The molecule has 0 spiro atoms. The second-order valence-corrected chi connectivity index (χ2v) is 5.62. The summed E-state index contributed by atoms with van der Waals surface area (Å²) in [6.07, 6.45) is 6.81. The Bertz CT molecular complexity index is 1120. The molecule has 0 saturated carbocycles. The van der Waals surface area contributed by atoms with Crippen LogP contribution in [0, 0.1) is 0 Å². The maximum absolute atomic E-state index is 11.9. The molecule has 6 heteroatoms. The fourth-order valence-corrected chi connectivity index (χ4v) is 2.96. The fourth-order valence-electron chi connectivity index (χ4n) is 2.96. The molecule has 0 atom stereocenters. The molecule has 4 aromatic rings. The van der Waals surface area contributed by atoms with Crippen molar-refractivity contribution in [2.24, 2.45) is 0 Å². The van der Waals surface area contributed by atoms with Crippen molar-refractivity contribution in [1.29, 1.82) is 0 Å². The van der Waals surface area contributed by atoms with Gasteiger partial charge in [-0.1, -0.05) is 0 Å². The number of aliphatic carboxylic acids is 1. The number of methoxy groups -OCH3 is 1. The van der Waals surface area contributed by atoms with Gasteiger partial charge in [0.1, 0.15) is 11.4 Å². The molecular formula is C19H15N3O3. The molecule has 0 unspecified atom stereocenters. The van der Waals surface area contributed by atoms with Crippen LogP contribution in [0.15, 0.2) is 48.9 Å². The topological polar surface area (TPSA) is 91.0 Å². The van der Waals surface area contributed by atoms with Crippen molar-refractivity contribution < 1.29 is 14.6 Å². The molecule has 1 aromatic carbocycles. The summed E-state index contributed by atoms with van der Waals surface area (Å²) in [6.45, 7) is 0. The minimum atomic E-state index is -0.998. The summed E-state index contributed by atoms with van der Waals surface area (Å²) in [5.74, 6) is -0.323. The number of benzene rings is 1. The molecule has 0 fully saturated rings. The highest BCUT2D eigenvalue weighted by atomic mass is 16.5. The van der Waals surface area contributed by atoms with Crippen molar-refractivity contribution >= 4 is 39.6 Å². The van der Waals surface area contributed by atoms with E-state index < -0.39 is 5.97 Å². The summed E-state index contributed by atoms with van der Waals surface area (Å²) in [5.41, 5.74) is 3.16. The fraction of sp³-hybridized carbons (Fsp3) is 0.0526. The molecule has 0 radical (unpaired) electrons. The van der Waals surface area contributed by atoms with Gasteiger partial charge in [0.05, 0.1) is 12.7 Å². The number of ether oxygens (including phenoxy) is 1.